The van der Waals surface area contributed by atoms with Gasteiger partial charge in [-0.2, -0.15) is 5.10 Å². The van der Waals surface area contributed by atoms with Crippen LogP contribution in [0.2, 0.25) is 0 Å². The molecule has 2 N–H and O–H groups in total. The van der Waals surface area contributed by atoms with E-state index in [2.05, 4.69) is 30.9 Å². The molecular weight excluding hydrogens is 318 g/mol. The van der Waals surface area contributed by atoms with Crippen molar-refractivity contribution >= 4 is 15.9 Å². The molecule has 2 rings (SSSR count). The molecule has 2 aromatic heterocycles. The molecule has 0 amide bonds. The molecule has 0 aliphatic carbocycles. The third-order valence-electron chi connectivity index (χ3n) is 3.12. The summed E-state index contributed by atoms with van der Waals surface area (Å²) in [6.07, 6.45) is 6.19. The van der Waals surface area contributed by atoms with Crippen molar-refractivity contribution in [3.63, 3.8) is 0 Å². The van der Waals surface area contributed by atoms with Crippen molar-refractivity contribution in [1.29, 1.82) is 0 Å². The molecule has 0 fully saturated rings. The Morgan fingerprint density at radius 3 is 2.85 bits per heavy atom. The van der Waals surface area contributed by atoms with Crippen molar-refractivity contribution in [2.24, 2.45) is 5.73 Å². The number of aromatic nitrogens is 3. The third-order valence-corrected chi connectivity index (χ3v) is 3.73. The Morgan fingerprint density at radius 2 is 2.20 bits per heavy atom. The summed E-state index contributed by atoms with van der Waals surface area (Å²) >= 11 is 3.55. The number of nitrogens with two attached hydrogens (primary N) is 1. The number of hydrogen-bond acceptors (Lipinski definition) is 4. The molecule has 0 spiro atoms. The monoisotopic (exact) mass is 337 g/mol. The number of likely N-dealkylation sites (N-methyl/N-ethyl adjacent to an activating group) is 1. The molecule has 108 valence electrons. The van der Waals surface area contributed by atoms with Crippen LogP contribution in [0.1, 0.15) is 17.3 Å². The van der Waals surface area contributed by atoms with E-state index in [1.54, 1.807) is 6.20 Å². The molecule has 0 saturated heterocycles. The minimum absolute atomic E-state index is 0.0989. The van der Waals surface area contributed by atoms with E-state index in [1.807, 2.05) is 43.3 Å². The summed E-state index contributed by atoms with van der Waals surface area (Å²) < 4.78 is 2.94. The van der Waals surface area contributed by atoms with E-state index in [0.29, 0.717) is 0 Å². The maximum Gasteiger partial charge on any atom is 0.0697 e. The summed E-state index contributed by atoms with van der Waals surface area (Å²) in [5.74, 6) is 0. The molecule has 0 aliphatic rings. The van der Waals surface area contributed by atoms with E-state index in [4.69, 9.17) is 5.73 Å². The van der Waals surface area contributed by atoms with Crippen LogP contribution < -0.4 is 5.73 Å². The standard InChI is InChI=1S/C14H20BrN5/c1-19(2)6-7-20-14(12(15)10-18-20)13(16)8-11-4-3-5-17-9-11/h3-5,9-10,13H,6-8,16H2,1-2H3. The van der Waals surface area contributed by atoms with E-state index in [1.165, 1.54) is 0 Å². The van der Waals surface area contributed by atoms with Crippen molar-refractivity contribution in [1.82, 2.24) is 19.7 Å². The molecule has 1 atom stereocenters. The molecule has 2 aromatic rings. The minimum atomic E-state index is -0.0989. The van der Waals surface area contributed by atoms with Crippen molar-refractivity contribution in [3.8, 4) is 0 Å². The van der Waals surface area contributed by atoms with E-state index in [9.17, 15) is 0 Å². The lowest BCUT2D eigenvalue weighted by molar-refractivity contribution is 0.366. The van der Waals surface area contributed by atoms with Gasteiger partial charge in [0.15, 0.2) is 0 Å². The summed E-state index contributed by atoms with van der Waals surface area (Å²) in [6.45, 7) is 1.76. The Kier molecular flexibility index (Phi) is 5.28. The van der Waals surface area contributed by atoms with Crippen LogP contribution in [0.25, 0.3) is 0 Å². The molecule has 2 heterocycles. The van der Waals surface area contributed by atoms with Crippen molar-refractivity contribution in [2.45, 2.75) is 19.0 Å². The van der Waals surface area contributed by atoms with Gasteiger partial charge in [-0.05, 0) is 48.1 Å². The minimum Gasteiger partial charge on any atom is -0.322 e. The molecule has 0 aliphatic heterocycles. The molecule has 1 unspecified atom stereocenters. The molecule has 5 nitrogen and oxygen atoms in total. The fourth-order valence-electron chi connectivity index (χ4n) is 2.08. The Labute approximate surface area is 127 Å². The fourth-order valence-corrected chi connectivity index (χ4v) is 2.67. The largest absolute Gasteiger partial charge is 0.322 e. The van der Waals surface area contributed by atoms with Crippen LogP contribution in [-0.2, 0) is 13.0 Å². The highest BCUT2D eigenvalue weighted by Gasteiger charge is 2.17. The summed E-state index contributed by atoms with van der Waals surface area (Å²) in [7, 11) is 4.10. The van der Waals surface area contributed by atoms with Gasteiger partial charge in [0.1, 0.15) is 0 Å². The lowest BCUT2D eigenvalue weighted by Crippen LogP contribution is -2.24. The maximum atomic E-state index is 6.35. The van der Waals surface area contributed by atoms with Gasteiger partial charge in [0.05, 0.1) is 29.0 Å². The number of hydrogen-bond donors (Lipinski definition) is 1. The lowest BCUT2D eigenvalue weighted by Gasteiger charge is -2.17. The summed E-state index contributed by atoms with van der Waals surface area (Å²) in [5, 5.41) is 4.40. The fraction of sp³-hybridized carbons (Fsp3) is 0.429. The Hall–Kier alpha value is -1.24. The van der Waals surface area contributed by atoms with Crippen molar-refractivity contribution in [2.75, 3.05) is 20.6 Å². The summed E-state index contributed by atoms with van der Waals surface area (Å²) in [6, 6.07) is 3.88. The normalized spacial score (nSPS) is 12.8. The van der Waals surface area contributed by atoms with Gasteiger partial charge in [0.25, 0.3) is 0 Å². The van der Waals surface area contributed by atoms with Crippen LogP contribution in [0.5, 0.6) is 0 Å². The summed E-state index contributed by atoms with van der Waals surface area (Å²) in [4.78, 5) is 6.26. The second-order valence-electron chi connectivity index (χ2n) is 5.08. The van der Waals surface area contributed by atoms with Crippen molar-refractivity contribution < 1.29 is 0 Å². The van der Waals surface area contributed by atoms with Crippen molar-refractivity contribution in [3.05, 3.63) is 46.5 Å². The zero-order valence-corrected chi connectivity index (χ0v) is 13.4. The molecular formula is C14H20BrN5. The molecule has 20 heavy (non-hydrogen) atoms. The number of halogens is 1. The molecule has 0 radical (unpaired) electrons. The third kappa shape index (κ3) is 3.88. The van der Waals surface area contributed by atoms with Gasteiger partial charge >= 0.3 is 0 Å². The van der Waals surface area contributed by atoms with Gasteiger partial charge in [0, 0.05) is 18.9 Å². The van der Waals surface area contributed by atoms with Gasteiger partial charge in [-0.25, -0.2) is 0 Å². The number of rotatable bonds is 6. The van der Waals surface area contributed by atoms with Gasteiger partial charge in [-0.1, -0.05) is 6.07 Å². The molecule has 6 heteroatoms. The SMILES string of the molecule is CN(C)CCn1ncc(Br)c1C(N)Cc1cccnc1. The van der Waals surface area contributed by atoms with E-state index >= 15 is 0 Å². The van der Waals surface area contributed by atoms with E-state index in [0.717, 1.165) is 35.2 Å². The van der Waals surface area contributed by atoms with Gasteiger partial charge in [0.2, 0.25) is 0 Å². The Bertz CT molecular complexity index is 538. The first-order chi connectivity index (χ1) is 9.58. The number of nitrogens with zero attached hydrogens (tertiary/aromatic N) is 4. The van der Waals surface area contributed by atoms with E-state index in [-0.39, 0.29) is 6.04 Å². The highest BCUT2D eigenvalue weighted by Crippen LogP contribution is 2.24. The zero-order chi connectivity index (χ0) is 14.5. The average Bonchev–Trinajstić information content (AvgIpc) is 2.78. The zero-order valence-electron chi connectivity index (χ0n) is 11.8. The van der Waals surface area contributed by atoms with Crippen LogP contribution in [-0.4, -0.2) is 40.3 Å². The average molecular weight is 338 g/mol. The molecule has 0 bridgehead atoms. The second-order valence-corrected chi connectivity index (χ2v) is 5.93. The van der Waals surface area contributed by atoms with Gasteiger partial charge < -0.3 is 10.6 Å². The van der Waals surface area contributed by atoms with Crippen LogP contribution in [0.4, 0.5) is 0 Å². The van der Waals surface area contributed by atoms with Gasteiger partial charge in [-0.3, -0.25) is 9.67 Å². The van der Waals surface area contributed by atoms with E-state index < -0.39 is 0 Å². The molecule has 0 saturated carbocycles. The first-order valence-corrected chi connectivity index (χ1v) is 7.37. The van der Waals surface area contributed by atoms with Crippen LogP contribution in [0.3, 0.4) is 0 Å². The smallest absolute Gasteiger partial charge is 0.0697 e. The predicted molar refractivity (Wildman–Crippen MR) is 83.4 cm³/mol. The predicted octanol–water partition coefficient (Wildman–Crippen LogP) is 1.84. The Morgan fingerprint density at radius 1 is 1.40 bits per heavy atom. The second kappa shape index (κ2) is 6.97. The first kappa shape index (κ1) is 15.2. The Balaban J connectivity index is 2.12. The maximum absolute atomic E-state index is 6.35. The highest BCUT2D eigenvalue weighted by atomic mass is 79.9. The highest BCUT2D eigenvalue weighted by molar-refractivity contribution is 9.10. The van der Waals surface area contributed by atoms with Crippen LogP contribution in [0.15, 0.2) is 35.2 Å². The molecule has 0 aromatic carbocycles. The van der Waals surface area contributed by atoms with Crippen LogP contribution >= 0.6 is 15.9 Å². The quantitative estimate of drug-likeness (QED) is 0.873. The summed E-state index contributed by atoms with van der Waals surface area (Å²) in [5.41, 5.74) is 8.52. The lowest BCUT2D eigenvalue weighted by atomic mass is 10.1. The van der Waals surface area contributed by atoms with Gasteiger partial charge in [-0.15, -0.1) is 0 Å². The van der Waals surface area contributed by atoms with Crippen LogP contribution in [0, 0.1) is 0 Å². The topological polar surface area (TPSA) is 60.0 Å². The first-order valence-electron chi connectivity index (χ1n) is 6.58. The number of pyridine rings is 1.